The van der Waals surface area contributed by atoms with Crippen LogP contribution in [0.4, 0.5) is 10.8 Å². The maximum absolute atomic E-state index is 12.7. The summed E-state index contributed by atoms with van der Waals surface area (Å²) in [7, 11) is -3.73. The van der Waals surface area contributed by atoms with Crippen LogP contribution in [-0.2, 0) is 14.8 Å². The van der Waals surface area contributed by atoms with E-state index < -0.39 is 22.0 Å². The van der Waals surface area contributed by atoms with Crippen molar-refractivity contribution in [3.8, 4) is 10.6 Å². The van der Waals surface area contributed by atoms with Crippen LogP contribution in [-0.4, -0.2) is 36.8 Å². The monoisotopic (exact) mass is 450 g/mol. The van der Waals surface area contributed by atoms with E-state index >= 15 is 0 Å². The summed E-state index contributed by atoms with van der Waals surface area (Å²) >= 11 is 7.20. The van der Waals surface area contributed by atoms with Crippen molar-refractivity contribution in [2.75, 3.05) is 15.9 Å². The number of carbonyl (C=O) groups excluding carboxylic acids is 1. The third-order valence-electron chi connectivity index (χ3n) is 4.10. The van der Waals surface area contributed by atoms with E-state index in [1.807, 2.05) is 31.2 Å². The summed E-state index contributed by atoms with van der Waals surface area (Å²) in [5.74, 6) is -0.526. The maximum atomic E-state index is 12.7. The van der Waals surface area contributed by atoms with Gasteiger partial charge in [0.1, 0.15) is 11.0 Å². The molecule has 3 rings (SSSR count). The van der Waals surface area contributed by atoms with Gasteiger partial charge in [0.15, 0.2) is 0 Å². The first-order chi connectivity index (χ1) is 13.6. The van der Waals surface area contributed by atoms with Gasteiger partial charge >= 0.3 is 0 Å². The Morgan fingerprint density at radius 1 is 1.17 bits per heavy atom. The Morgan fingerprint density at radius 2 is 1.86 bits per heavy atom. The van der Waals surface area contributed by atoms with E-state index in [2.05, 4.69) is 15.5 Å². The third-order valence-corrected chi connectivity index (χ3v) is 6.47. The average molecular weight is 451 g/mol. The standard InChI is InChI=1S/C19H19ClN4O3S2/c1-12-7-9-14(10-8-12)18-22-23-19(28-18)21-17(25)13(2)24(29(3,26)27)16-6-4-5-15(20)11-16/h4-11,13H,1-3H3,(H,21,23,25)/t13-/m1/s1. The van der Waals surface area contributed by atoms with E-state index in [1.165, 1.54) is 24.3 Å². The highest BCUT2D eigenvalue weighted by Gasteiger charge is 2.30. The topological polar surface area (TPSA) is 92.3 Å². The average Bonchev–Trinajstić information content (AvgIpc) is 3.09. The smallest absolute Gasteiger partial charge is 0.249 e. The van der Waals surface area contributed by atoms with E-state index in [-0.39, 0.29) is 5.13 Å². The van der Waals surface area contributed by atoms with E-state index in [0.717, 1.165) is 21.7 Å². The number of sulfonamides is 1. The molecule has 0 aliphatic carbocycles. The van der Waals surface area contributed by atoms with Crippen LogP contribution in [0.15, 0.2) is 48.5 Å². The van der Waals surface area contributed by atoms with Crippen molar-refractivity contribution in [3.63, 3.8) is 0 Å². The summed E-state index contributed by atoms with van der Waals surface area (Å²) in [6, 6.07) is 13.1. The molecule has 0 aliphatic rings. The van der Waals surface area contributed by atoms with Gasteiger partial charge in [-0.15, -0.1) is 10.2 Å². The number of hydrogen-bond donors (Lipinski definition) is 1. The van der Waals surface area contributed by atoms with Gasteiger partial charge in [-0.3, -0.25) is 14.4 Å². The fourth-order valence-corrected chi connectivity index (χ4v) is 4.82. The molecule has 10 heteroatoms. The number of carbonyl (C=O) groups is 1. The minimum Gasteiger partial charge on any atom is -0.299 e. The Hall–Kier alpha value is -2.49. The number of aryl methyl sites for hydroxylation is 1. The molecule has 7 nitrogen and oxygen atoms in total. The predicted molar refractivity (Wildman–Crippen MR) is 117 cm³/mol. The summed E-state index contributed by atoms with van der Waals surface area (Å²) in [4.78, 5) is 12.7. The SMILES string of the molecule is Cc1ccc(-c2nnc(NC(=O)[C@@H](C)N(c3cccc(Cl)c3)S(C)(=O)=O)s2)cc1. The molecule has 1 amide bonds. The largest absolute Gasteiger partial charge is 0.299 e. The molecular weight excluding hydrogens is 432 g/mol. The Bertz CT molecular complexity index is 1130. The second kappa shape index (κ2) is 8.48. The number of halogens is 1. The van der Waals surface area contributed by atoms with Gasteiger partial charge in [-0.2, -0.15) is 0 Å². The van der Waals surface area contributed by atoms with Crippen LogP contribution in [0, 0.1) is 6.92 Å². The lowest BCUT2D eigenvalue weighted by atomic mass is 10.2. The number of rotatable bonds is 6. The molecule has 1 N–H and O–H groups in total. The van der Waals surface area contributed by atoms with Crippen LogP contribution in [0.2, 0.25) is 5.02 Å². The molecule has 0 spiro atoms. The van der Waals surface area contributed by atoms with Gasteiger partial charge in [0.05, 0.1) is 11.9 Å². The van der Waals surface area contributed by atoms with Crippen LogP contribution in [0.1, 0.15) is 12.5 Å². The number of anilines is 2. The zero-order valence-electron chi connectivity index (χ0n) is 16.0. The second-order valence-corrected chi connectivity index (χ2v) is 9.76. The molecule has 2 aromatic carbocycles. The second-order valence-electron chi connectivity index (χ2n) is 6.48. The lowest BCUT2D eigenvalue weighted by Crippen LogP contribution is -2.45. The number of benzene rings is 2. The predicted octanol–water partition coefficient (Wildman–Crippen LogP) is 3.96. The molecule has 0 unspecified atom stereocenters. The Labute approximate surface area is 178 Å². The fourth-order valence-electron chi connectivity index (χ4n) is 2.72. The van der Waals surface area contributed by atoms with Crippen LogP contribution < -0.4 is 9.62 Å². The molecule has 152 valence electrons. The highest BCUT2D eigenvalue weighted by molar-refractivity contribution is 7.92. The zero-order valence-corrected chi connectivity index (χ0v) is 18.3. The van der Waals surface area contributed by atoms with Crippen molar-refractivity contribution in [2.45, 2.75) is 19.9 Å². The van der Waals surface area contributed by atoms with Crippen molar-refractivity contribution in [1.29, 1.82) is 0 Å². The van der Waals surface area contributed by atoms with Gasteiger partial charge in [-0.25, -0.2) is 8.42 Å². The van der Waals surface area contributed by atoms with E-state index in [4.69, 9.17) is 11.6 Å². The van der Waals surface area contributed by atoms with Crippen LogP contribution >= 0.6 is 22.9 Å². The van der Waals surface area contributed by atoms with E-state index in [1.54, 1.807) is 18.2 Å². The van der Waals surface area contributed by atoms with Crippen molar-refractivity contribution in [2.24, 2.45) is 0 Å². The van der Waals surface area contributed by atoms with Crippen LogP contribution in [0.5, 0.6) is 0 Å². The Kier molecular flexibility index (Phi) is 6.21. The molecule has 0 bridgehead atoms. The van der Waals surface area contributed by atoms with Crippen LogP contribution in [0.3, 0.4) is 0 Å². The van der Waals surface area contributed by atoms with Gasteiger partial charge in [-0.1, -0.05) is 58.8 Å². The molecule has 0 radical (unpaired) electrons. The van der Waals surface area contributed by atoms with E-state index in [9.17, 15) is 13.2 Å². The summed E-state index contributed by atoms with van der Waals surface area (Å²) in [5, 5.41) is 12.1. The molecule has 0 saturated heterocycles. The van der Waals surface area contributed by atoms with Gasteiger partial charge in [0.2, 0.25) is 21.1 Å². The molecule has 1 heterocycles. The third kappa shape index (κ3) is 5.11. The van der Waals surface area contributed by atoms with Gasteiger partial charge in [-0.05, 0) is 32.0 Å². The number of hydrogen-bond acceptors (Lipinski definition) is 6. The number of aromatic nitrogens is 2. The highest BCUT2D eigenvalue weighted by atomic mass is 35.5. The molecule has 1 atom stereocenters. The lowest BCUT2D eigenvalue weighted by Gasteiger charge is -2.27. The van der Waals surface area contributed by atoms with E-state index in [0.29, 0.717) is 15.7 Å². The normalized spacial score (nSPS) is 12.4. The summed E-state index contributed by atoms with van der Waals surface area (Å²) in [6.45, 7) is 3.49. The maximum Gasteiger partial charge on any atom is 0.249 e. The van der Waals surface area contributed by atoms with Gasteiger partial charge < -0.3 is 0 Å². The minimum absolute atomic E-state index is 0.289. The lowest BCUT2D eigenvalue weighted by molar-refractivity contribution is -0.116. The summed E-state index contributed by atoms with van der Waals surface area (Å²) in [5.41, 5.74) is 2.32. The quantitative estimate of drug-likeness (QED) is 0.613. The number of nitrogens with zero attached hydrogens (tertiary/aromatic N) is 3. The first-order valence-corrected chi connectivity index (χ1v) is 11.7. The summed E-state index contributed by atoms with van der Waals surface area (Å²) in [6.07, 6.45) is 1.04. The zero-order chi connectivity index (χ0) is 21.2. The highest BCUT2D eigenvalue weighted by Crippen LogP contribution is 2.28. The van der Waals surface area contributed by atoms with Crippen molar-refractivity contribution < 1.29 is 13.2 Å². The summed E-state index contributed by atoms with van der Waals surface area (Å²) < 4.78 is 25.7. The van der Waals surface area contributed by atoms with Crippen molar-refractivity contribution >= 4 is 49.7 Å². The molecule has 3 aromatic rings. The molecule has 1 aromatic heterocycles. The van der Waals surface area contributed by atoms with Gasteiger partial charge in [0.25, 0.3) is 0 Å². The van der Waals surface area contributed by atoms with Crippen molar-refractivity contribution in [1.82, 2.24) is 10.2 Å². The Balaban J connectivity index is 1.81. The van der Waals surface area contributed by atoms with Gasteiger partial charge in [0, 0.05) is 10.6 Å². The Morgan fingerprint density at radius 3 is 2.48 bits per heavy atom. The fraction of sp³-hybridized carbons (Fsp3) is 0.211. The molecular formula is C19H19ClN4O3S2. The van der Waals surface area contributed by atoms with Crippen LogP contribution in [0.25, 0.3) is 10.6 Å². The first-order valence-electron chi connectivity index (χ1n) is 8.61. The molecule has 0 saturated carbocycles. The number of nitrogens with one attached hydrogen (secondary N) is 1. The first kappa shape index (κ1) is 21.2. The molecule has 29 heavy (non-hydrogen) atoms. The minimum atomic E-state index is -3.73. The molecule has 0 fully saturated rings. The van der Waals surface area contributed by atoms with Crippen molar-refractivity contribution in [3.05, 3.63) is 59.1 Å². The molecule has 0 aliphatic heterocycles. The number of amides is 1.